The Hall–Kier alpha value is -1.75. The first kappa shape index (κ1) is 20.6. The highest BCUT2D eigenvalue weighted by Crippen LogP contribution is 2.13. The molecule has 0 radical (unpaired) electrons. The summed E-state index contributed by atoms with van der Waals surface area (Å²) in [4.78, 5) is 6.98. The number of piperidine rings is 1. The Morgan fingerprint density at radius 1 is 1.12 bits per heavy atom. The van der Waals surface area contributed by atoms with Gasteiger partial charge in [-0.1, -0.05) is 32.0 Å². The van der Waals surface area contributed by atoms with Crippen molar-refractivity contribution >= 4 is 11.6 Å². The molecule has 0 aromatic heterocycles. The van der Waals surface area contributed by atoms with Crippen LogP contribution in [-0.4, -0.2) is 55.7 Å². The normalized spacial score (nSPS) is 18.2. The number of guanidine groups is 1. The summed E-state index contributed by atoms with van der Waals surface area (Å²) in [5.74, 6) is 1.43. The minimum absolute atomic E-state index is 0.346. The van der Waals surface area contributed by atoms with Crippen LogP contribution in [0.1, 0.15) is 40.5 Å². The maximum Gasteiger partial charge on any atom is 0.191 e. The van der Waals surface area contributed by atoms with Gasteiger partial charge < -0.3 is 20.9 Å². The van der Waals surface area contributed by atoms with Gasteiger partial charge in [0.1, 0.15) is 0 Å². The molecule has 3 N–H and O–H groups in total. The van der Waals surface area contributed by atoms with Gasteiger partial charge in [-0.05, 0) is 44.7 Å². The molecule has 0 amide bonds. The lowest BCUT2D eigenvalue weighted by molar-refractivity contribution is 0.167. The van der Waals surface area contributed by atoms with Gasteiger partial charge in [0.25, 0.3) is 0 Å². The molecule has 0 bridgehead atoms. The number of nitrogens with zero attached hydrogens (tertiary/aromatic N) is 2. The van der Waals surface area contributed by atoms with Crippen LogP contribution >= 0.6 is 0 Å². The van der Waals surface area contributed by atoms with Gasteiger partial charge in [0.2, 0.25) is 0 Å². The average Bonchev–Trinajstić information content (AvgIpc) is 2.64. The molecule has 1 aliphatic heterocycles. The number of hydrogen-bond acceptors (Lipinski definition) is 3. The summed E-state index contributed by atoms with van der Waals surface area (Å²) in [6.07, 6.45) is 2.35. The van der Waals surface area contributed by atoms with Gasteiger partial charge in [-0.25, -0.2) is 0 Å². The fourth-order valence-electron chi connectivity index (χ4n) is 3.36. The fraction of sp³-hybridized carbons (Fsp3) is 0.667. The first-order valence-electron chi connectivity index (χ1n) is 10.0. The maximum absolute atomic E-state index is 4.43. The predicted molar refractivity (Wildman–Crippen MR) is 113 cm³/mol. The van der Waals surface area contributed by atoms with Crippen LogP contribution in [0.5, 0.6) is 0 Å². The molecule has 0 spiro atoms. The van der Waals surface area contributed by atoms with Gasteiger partial charge in [0.15, 0.2) is 5.96 Å². The summed E-state index contributed by atoms with van der Waals surface area (Å²) in [5.41, 5.74) is 1.16. The molecule has 5 nitrogen and oxygen atoms in total. The molecule has 26 heavy (non-hydrogen) atoms. The molecule has 1 aromatic rings. The van der Waals surface area contributed by atoms with Crippen molar-refractivity contribution in [3.05, 3.63) is 30.3 Å². The van der Waals surface area contributed by atoms with Crippen molar-refractivity contribution in [3.63, 3.8) is 0 Å². The molecule has 1 saturated heterocycles. The van der Waals surface area contributed by atoms with Crippen molar-refractivity contribution in [2.24, 2.45) is 10.9 Å². The second-order valence-corrected chi connectivity index (χ2v) is 7.86. The quantitative estimate of drug-likeness (QED) is 0.517. The number of para-hydroxylation sites is 1. The summed E-state index contributed by atoms with van der Waals surface area (Å²) in [6.45, 7) is 12.2. The molecule has 5 heteroatoms. The first-order valence-corrected chi connectivity index (χ1v) is 10.0. The van der Waals surface area contributed by atoms with E-state index in [4.69, 9.17) is 0 Å². The lowest BCUT2D eigenvalue weighted by Gasteiger charge is -2.35. The Morgan fingerprint density at radius 3 is 2.31 bits per heavy atom. The molecule has 1 heterocycles. The minimum Gasteiger partial charge on any atom is -0.380 e. The number of likely N-dealkylation sites (tertiary alicyclic amines) is 1. The zero-order chi connectivity index (χ0) is 18.9. The van der Waals surface area contributed by atoms with Gasteiger partial charge in [-0.15, -0.1) is 0 Å². The standard InChI is InChI=1S/C21H37N5/c1-16(2)20(24-18-9-7-6-8-10-18)15-23-21(22-5)25-19-11-13-26(14-12-19)17(3)4/h6-10,16-17,19-20,24H,11-15H2,1-5H3,(H2,22,23,25). The van der Waals surface area contributed by atoms with Crippen LogP contribution in [0.4, 0.5) is 5.69 Å². The third kappa shape index (κ3) is 6.52. The topological polar surface area (TPSA) is 51.7 Å². The smallest absolute Gasteiger partial charge is 0.191 e. The highest BCUT2D eigenvalue weighted by molar-refractivity contribution is 5.80. The Bertz CT molecular complexity index is 533. The summed E-state index contributed by atoms with van der Waals surface area (Å²) in [6, 6.07) is 11.9. The van der Waals surface area contributed by atoms with Gasteiger partial charge in [0.05, 0.1) is 0 Å². The van der Waals surface area contributed by atoms with E-state index in [1.807, 2.05) is 13.1 Å². The number of nitrogens with one attached hydrogen (secondary N) is 3. The first-order chi connectivity index (χ1) is 12.5. The minimum atomic E-state index is 0.346. The largest absolute Gasteiger partial charge is 0.380 e. The Balaban J connectivity index is 1.81. The van der Waals surface area contributed by atoms with E-state index in [0.29, 0.717) is 24.0 Å². The van der Waals surface area contributed by atoms with Crippen LogP contribution in [0.25, 0.3) is 0 Å². The molecule has 0 aliphatic carbocycles. The second-order valence-electron chi connectivity index (χ2n) is 7.86. The summed E-state index contributed by atoms with van der Waals surface area (Å²) in [5, 5.41) is 10.8. The van der Waals surface area contributed by atoms with Crippen molar-refractivity contribution < 1.29 is 0 Å². The molecule has 1 aliphatic rings. The van der Waals surface area contributed by atoms with Crippen molar-refractivity contribution in [1.82, 2.24) is 15.5 Å². The Morgan fingerprint density at radius 2 is 1.77 bits per heavy atom. The van der Waals surface area contributed by atoms with E-state index >= 15 is 0 Å². The molecular formula is C21H37N5. The molecule has 0 saturated carbocycles. The number of hydrogen-bond donors (Lipinski definition) is 3. The molecule has 1 atom stereocenters. The van der Waals surface area contributed by atoms with Crippen LogP contribution in [0.3, 0.4) is 0 Å². The Labute approximate surface area is 159 Å². The molecule has 1 aromatic carbocycles. The van der Waals surface area contributed by atoms with Crippen LogP contribution in [0.2, 0.25) is 0 Å². The fourth-order valence-corrected chi connectivity index (χ4v) is 3.36. The van der Waals surface area contributed by atoms with Crippen LogP contribution in [0, 0.1) is 5.92 Å². The van der Waals surface area contributed by atoms with Crippen molar-refractivity contribution in [2.75, 3.05) is 32.0 Å². The van der Waals surface area contributed by atoms with Crippen LogP contribution in [0.15, 0.2) is 35.3 Å². The highest BCUT2D eigenvalue weighted by atomic mass is 15.2. The maximum atomic E-state index is 4.43. The molecule has 146 valence electrons. The van der Waals surface area contributed by atoms with Crippen molar-refractivity contribution in [2.45, 2.75) is 58.7 Å². The molecule has 2 rings (SSSR count). The number of rotatable bonds is 7. The zero-order valence-corrected chi connectivity index (χ0v) is 17.1. The zero-order valence-electron chi connectivity index (χ0n) is 17.1. The van der Waals surface area contributed by atoms with Crippen LogP contribution < -0.4 is 16.0 Å². The van der Waals surface area contributed by atoms with Crippen LogP contribution in [-0.2, 0) is 0 Å². The van der Waals surface area contributed by atoms with E-state index in [0.717, 1.165) is 31.3 Å². The highest BCUT2D eigenvalue weighted by Gasteiger charge is 2.22. The lowest BCUT2D eigenvalue weighted by atomic mass is 10.0. The van der Waals surface area contributed by atoms with Crippen molar-refractivity contribution in [3.8, 4) is 0 Å². The van der Waals surface area contributed by atoms with Gasteiger partial charge >= 0.3 is 0 Å². The molecule has 1 unspecified atom stereocenters. The van der Waals surface area contributed by atoms with E-state index in [-0.39, 0.29) is 0 Å². The SMILES string of the molecule is CN=C(NCC(Nc1ccccc1)C(C)C)NC1CCN(C(C)C)CC1. The van der Waals surface area contributed by atoms with Gasteiger partial charge in [-0.2, -0.15) is 0 Å². The summed E-state index contributed by atoms with van der Waals surface area (Å²) < 4.78 is 0. The molecular weight excluding hydrogens is 322 g/mol. The third-order valence-corrected chi connectivity index (χ3v) is 5.24. The van der Waals surface area contributed by atoms with Crippen molar-refractivity contribution in [1.29, 1.82) is 0 Å². The second kappa shape index (κ2) is 10.4. The van der Waals surface area contributed by atoms with Gasteiger partial charge in [-0.3, -0.25) is 4.99 Å². The van der Waals surface area contributed by atoms with E-state index in [1.165, 1.54) is 12.8 Å². The predicted octanol–water partition coefficient (Wildman–Crippen LogP) is 3.16. The van der Waals surface area contributed by atoms with Gasteiger partial charge in [0, 0.05) is 50.5 Å². The summed E-state index contributed by atoms with van der Waals surface area (Å²) >= 11 is 0. The van der Waals surface area contributed by atoms with E-state index < -0.39 is 0 Å². The third-order valence-electron chi connectivity index (χ3n) is 5.24. The monoisotopic (exact) mass is 359 g/mol. The number of anilines is 1. The number of benzene rings is 1. The lowest BCUT2D eigenvalue weighted by Crippen LogP contribution is -2.51. The average molecular weight is 360 g/mol. The van der Waals surface area contributed by atoms with E-state index in [2.05, 4.69) is 77.8 Å². The summed E-state index contributed by atoms with van der Waals surface area (Å²) in [7, 11) is 1.85. The van der Waals surface area contributed by atoms with E-state index in [9.17, 15) is 0 Å². The van der Waals surface area contributed by atoms with E-state index in [1.54, 1.807) is 0 Å². The number of aliphatic imine (C=N–C) groups is 1. The molecule has 1 fully saturated rings. The Kier molecular flexibility index (Phi) is 8.23.